The van der Waals surface area contributed by atoms with Crippen LogP contribution in [0.2, 0.25) is 0 Å². The van der Waals surface area contributed by atoms with Gasteiger partial charge in [-0.25, -0.2) is 0 Å². The molecule has 2 fully saturated rings. The molecule has 1 spiro atoms. The number of carbonyl (C=O) groups is 2. The van der Waals surface area contributed by atoms with Crippen LogP contribution in [0.3, 0.4) is 0 Å². The van der Waals surface area contributed by atoms with E-state index < -0.39 is 0 Å². The molecule has 2 aliphatic rings. The van der Waals surface area contributed by atoms with Gasteiger partial charge in [0.05, 0.1) is 0 Å². The molecular weight excluding hydrogens is 168 g/mol. The van der Waals surface area contributed by atoms with Gasteiger partial charge in [0, 0.05) is 31.6 Å². The first-order valence-corrected chi connectivity index (χ1v) is 4.30. The third-order valence-electron chi connectivity index (χ3n) is 2.76. The first kappa shape index (κ1) is 8.29. The second-order valence-electron chi connectivity index (χ2n) is 3.91. The van der Waals surface area contributed by atoms with Gasteiger partial charge in [-0.1, -0.05) is 6.58 Å². The standard InChI is InChI=1S/C9H12N2O2/c1-2-8(13)11-5-9(6-11)3-10(4-9)7-12/h2,7H,1,3-6H2. The first-order chi connectivity index (χ1) is 6.19. The monoisotopic (exact) mass is 180 g/mol. The molecule has 2 saturated heterocycles. The van der Waals surface area contributed by atoms with E-state index in [0.29, 0.717) is 0 Å². The van der Waals surface area contributed by atoms with Crippen LogP contribution in [-0.4, -0.2) is 48.3 Å². The number of likely N-dealkylation sites (tertiary alicyclic amines) is 2. The smallest absolute Gasteiger partial charge is 0.245 e. The van der Waals surface area contributed by atoms with Crippen molar-refractivity contribution in [3.63, 3.8) is 0 Å². The molecule has 0 aromatic rings. The summed E-state index contributed by atoms with van der Waals surface area (Å²) in [6.45, 7) is 6.59. The number of carbonyl (C=O) groups excluding carboxylic acids is 2. The van der Waals surface area contributed by atoms with Crippen molar-refractivity contribution in [1.29, 1.82) is 0 Å². The third-order valence-corrected chi connectivity index (χ3v) is 2.76. The zero-order chi connectivity index (χ0) is 9.47. The molecule has 0 aromatic carbocycles. The molecule has 2 amide bonds. The first-order valence-electron chi connectivity index (χ1n) is 4.30. The van der Waals surface area contributed by atoms with Crippen molar-refractivity contribution in [3.8, 4) is 0 Å². The molecule has 0 bridgehead atoms. The van der Waals surface area contributed by atoms with E-state index in [1.165, 1.54) is 6.08 Å². The summed E-state index contributed by atoms with van der Waals surface area (Å²) < 4.78 is 0. The molecule has 2 heterocycles. The van der Waals surface area contributed by atoms with Crippen molar-refractivity contribution in [2.45, 2.75) is 0 Å². The number of amides is 2. The second-order valence-corrected chi connectivity index (χ2v) is 3.91. The van der Waals surface area contributed by atoms with E-state index in [4.69, 9.17) is 0 Å². The van der Waals surface area contributed by atoms with E-state index >= 15 is 0 Å². The van der Waals surface area contributed by atoms with Crippen LogP contribution in [0.15, 0.2) is 12.7 Å². The Labute approximate surface area is 76.8 Å². The van der Waals surface area contributed by atoms with Gasteiger partial charge in [-0.15, -0.1) is 0 Å². The summed E-state index contributed by atoms with van der Waals surface area (Å²) in [6, 6.07) is 0. The lowest BCUT2D eigenvalue weighted by molar-refractivity contribution is -0.158. The molecule has 0 saturated carbocycles. The van der Waals surface area contributed by atoms with Crippen LogP contribution < -0.4 is 0 Å². The number of hydrogen-bond donors (Lipinski definition) is 0. The van der Waals surface area contributed by atoms with Gasteiger partial charge >= 0.3 is 0 Å². The molecule has 70 valence electrons. The van der Waals surface area contributed by atoms with Crippen LogP contribution >= 0.6 is 0 Å². The summed E-state index contributed by atoms with van der Waals surface area (Å²) in [5.41, 5.74) is 0.222. The van der Waals surface area contributed by atoms with Crippen LogP contribution in [-0.2, 0) is 9.59 Å². The zero-order valence-corrected chi connectivity index (χ0v) is 7.40. The summed E-state index contributed by atoms with van der Waals surface area (Å²) in [5.74, 6) is -0.00446. The highest BCUT2D eigenvalue weighted by atomic mass is 16.2. The third kappa shape index (κ3) is 1.13. The number of nitrogens with zero attached hydrogens (tertiary/aromatic N) is 2. The van der Waals surface area contributed by atoms with E-state index in [9.17, 15) is 9.59 Å². The lowest BCUT2D eigenvalue weighted by atomic mass is 9.73. The number of hydrogen-bond acceptors (Lipinski definition) is 2. The van der Waals surface area contributed by atoms with Crippen molar-refractivity contribution >= 4 is 12.3 Å². The maximum atomic E-state index is 11.1. The Bertz CT molecular complexity index is 261. The topological polar surface area (TPSA) is 40.6 Å². The summed E-state index contributed by atoms with van der Waals surface area (Å²) in [7, 11) is 0. The highest BCUT2D eigenvalue weighted by molar-refractivity contribution is 5.87. The molecule has 0 unspecified atom stereocenters. The predicted molar refractivity (Wildman–Crippen MR) is 46.8 cm³/mol. The zero-order valence-electron chi connectivity index (χ0n) is 7.40. The van der Waals surface area contributed by atoms with Gasteiger partial charge in [0.1, 0.15) is 0 Å². The minimum atomic E-state index is -0.00446. The quantitative estimate of drug-likeness (QED) is 0.423. The summed E-state index contributed by atoms with van der Waals surface area (Å²) in [5, 5.41) is 0. The van der Waals surface area contributed by atoms with Crippen molar-refractivity contribution in [2.75, 3.05) is 26.2 Å². The minimum absolute atomic E-state index is 0.00446. The van der Waals surface area contributed by atoms with Gasteiger partial charge in [0.2, 0.25) is 12.3 Å². The van der Waals surface area contributed by atoms with E-state index in [1.54, 1.807) is 9.80 Å². The van der Waals surface area contributed by atoms with E-state index in [0.717, 1.165) is 32.6 Å². The van der Waals surface area contributed by atoms with Crippen molar-refractivity contribution in [1.82, 2.24) is 9.80 Å². The van der Waals surface area contributed by atoms with Gasteiger partial charge in [0.25, 0.3) is 0 Å². The van der Waals surface area contributed by atoms with Crippen LogP contribution in [0, 0.1) is 5.41 Å². The summed E-state index contributed by atoms with van der Waals surface area (Å²) >= 11 is 0. The molecule has 0 atom stereocenters. The van der Waals surface area contributed by atoms with E-state index in [2.05, 4.69) is 6.58 Å². The maximum Gasteiger partial charge on any atom is 0.245 e. The molecular formula is C9H12N2O2. The maximum absolute atomic E-state index is 11.1. The Hall–Kier alpha value is -1.32. The lowest BCUT2D eigenvalue weighted by Crippen LogP contribution is -2.72. The van der Waals surface area contributed by atoms with Crippen LogP contribution in [0.4, 0.5) is 0 Å². The molecule has 2 aliphatic heterocycles. The molecule has 0 radical (unpaired) electrons. The molecule has 0 aromatic heterocycles. The lowest BCUT2D eigenvalue weighted by Gasteiger charge is -2.59. The SMILES string of the molecule is C=CC(=O)N1CC2(CN(C=O)C2)C1. The van der Waals surface area contributed by atoms with Gasteiger partial charge in [0.15, 0.2) is 0 Å². The summed E-state index contributed by atoms with van der Waals surface area (Å²) in [4.78, 5) is 24.9. The predicted octanol–water partition coefficient (Wildman–Crippen LogP) is -0.527. The Morgan fingerprint density at radius 2 is 1.92 bits per heavy atom. The highest BCUT2D eigenvalue weighted by Gasteiger charge is 2.52. The molecule has 13 heavy (non-hydrogen) atoms. The summed E-state index contributed by atoms with van der Waals surface area (Å²) in [6.07, 6.45) is 2.20. The molecule has 2 rings (SSSR count). The van der Waals surface area contributed by atoms with Crippen molar-refractivity contribution < 1.29 is 9.59 Å². The highest BCUT2D eigenvalue weighted by Crippen LogP contribution is 2.38. The van der Waals surface area contributed by atoms with Gasteiger partial charge in [-0.05, 0) is 6.08 Å². The fraction of sp³-hybridized carbons (Fsp3) is 0.556. The Morgan fingerprint density at radius 1 is 1.31 bits per heavy atom. The van der Waals surface area contributed by atoms with Gasteiger partial charge in [-0.3, -0.25) is 9.59 Å². The van der Waals surface area contributed by atoms with Crippen molar-refractivity contribution in [2.24, 2.45) is 5.41 Å². The van der Waals surface area contributed by atoms with Crippen LogP contribution in [0.1, 0.15) is 0 Å². The Balaban J connectivity index is 1.82. The van der Waals surface area contributed by atoms with Crippen LogP contribution in [0.25, 0.3) is 0 Å². The number of rotatable bonds is 2. The van der Waals surface area contributed by atoms with E-state index in [-0.39, 0.29) is 11.3 Å². The van der Waals surface area contributed by atoms with E-state index in [1.807, 2.05) is 0 Å². The van der Waals surface area contributed by atoms with Crippen LogP contribution in [0.5, 0.6) is 0 Å². The van der Waals surface area contributed by atoms with Crippen molar-refractivity contribution in [3.05, 3.63) is 12.7 Å². The molecule has 0 N–H and O–H groups in total. The Kier molecular flexibility index (Phi) is 1.65. The molecule has 4 heteroatoms. The molecule has 4 nitrogen and oxygen atoms in total. The average Bonchev–Trinajstić information content (AvgIpc) is 1.99. The Morgan fingerprint density at radius 3 is 2.38 bits per heavy atom. The van der Waals surface area contributed by atoms with Gasteiger partial charge < -0.3 is 9.80 Å². The van der Waals surface area contributed by atoms with Gasteiger partial charge in [-0.2, -0.15) is 0 Å². The fourth-order valence-electron chi connectivity index (χ4n) is 2.14. The minimum Gasteiger partial charge on any atom is -0.344 e. The normalized spacial score (nSPS) is 23.4. The molecule has 0 aliphatic carbocycles. The largest absolute Gasteiger partial charge is 0.344 e. The second kappa shape index (κ2) is 2.58. The average molecular weight is 180 g/mol. The fourth-order valence-corrected chi connectivity index (χ4v) is 2.14.